The molecule has 0 bridgehead atoms. The molecule has 0 unspecified atom stereocenters. The average molecular weight is 168 g/mol. The Morgan fingerprint density at radius 3 is 3.08 bits per heavy atom. The first-order valence-electron chi connectivity index (χ1n) is 3.76. The van der Waals surface area contributed by atoms with Gasteiger partial charge in [0.15, 0.2) is 5.75 Å². The molecule has 0 atom stereocenters. The molecule has 0 radical (unpaired) electrons. The van der Waals surface area contributed by atoms with Crippen molar-refractivity contribution in [2.24, 2.45) is 0 Å². The molecule has 1 aliphatic rings. The highest BCUT2D eigenvalue weighted by atomic mass is 16.5. The molecule has 64 valence electrons. The Bertz CT molecular complexity index is 289. The monoisotopic (exact) mass is 168 g/mol. The van der Waals surface area contributed by atoms with E-state index in [9.17, 15) is 4.79 Å². The van der Waals surface area contributed by atoms with Crippen molar-refractivity contribution in [2.75, 3.05) is 6.61 Å². The molecule has 0 saturated heterocycles. The van der Waals surface area contributed by atoms with E-state index in [0.717, 1.165) is 12.8 Å². The van der Waals surface area contributed by atoms with Gasteiger partial charge in [0, 0.05) is 12.5 Å². The normalized spacial score (nSPS) is 15.0. The average Bonchev–Trinajstić information content (AvgIpc) is 2.46. The first-order valence-corrected chi connectivity index (χ1v) is 3.76. The van der Waals surface area contributed by atoms with Gasteiger partial charge in [0.2, 0.25) is 5.76 Å². The maximum atomic E-state index is 10.5. The van der Waals surface area contributed by atoms with E-state index in [2.05, 4.69) is 0 Å². The summed E-state index contributed by atoms with van der Waals surface area (Å²) in [6.07, 6.45) is 1.65. The molecule has 4 nitrogen and oxygen atoms in total. The predicted octanol–water partition coefficient (Wildman–Crippen LogP) is 1.30. The number of hydrogen-bond acceptors (Lipinski definition) is 3. The van der Waals surface area contributed by atoms with Crippen molar-refractivity contribution in [1.29, 1.82) is 0 Å². The Hall–Kier alpha value is -1.45. The van der Waals surface area contributed by atoms with E-state index in [-0.39, 0.29) is 5.76 Å². The summed E-state index contributed by atoms with van der Waals surface area (Å²) in [4.78, 5) is 10.5. The van der Waals surface area contributed by atoms with Crippen molar-refractivity contribution in [3.05, 3.63) is 17.6 Å². The molecule has 1 N–H and O–H groups in total. The first-order chi connectivity index (χ1) is 5.77. The molecule has 2 rings (SSSR count). The van der Waals surface area contributed by atoms with Gasteiger partial charge in [-0.25, -0.2) is 4.79 Å². The van der Waals surface area contributed by atoms with Crippen molar-refractivity contribution < 1.29 is 19.1 Å². The summed E-state index contributed by atoms with van der Waals surface area (Å²) >= 11 is 0. The number of carbonyl (C=O) groups is 1. The lowest BCUT2D eigenvalue weighted by molar-refractivity contribution is 0.0660. The first kappa shape index (κ1) is 7.21. The third-order valence-corrected chi connectivity index (χ3v) is 1.79. The van der Waals surface area contributed by atoms with Gasteiger partial charge < -0.3 is 14.3 Å². The van der Waals surface area contributed by atoms with Gasteiger partial charge in [0.1, 0.15) is 5.76 Å². The summed E-state index contributed by atoms with van der Waals surface area (Å²) in [5.41, 5.74) is 0. The van der Waals surface area contributed by atoms with Crippen LogP contribution in [0.4, 0.5) is 0 Å². The van der Waals surface area contributed by atoms with Gasteiger partial charge in [-0.3, -0.25) is 0 Å². The zero-order valence-corrected chi connectivity index (χ0v) is 6.37. The van der Waals surface area contributed by atoms with Crippen LogP contribution < -0.4 is 4.74 Å². The molecule has 2 heterocycles. The Morgan fingerprint density at radius 2 is 2.42 bits per heavy atom. The number of aryl methyl sites for hydroxylation is 1. The van der Waals surface area contributed by atoms with Gasteiger partial charge in [0.05, 0.1) is 6.61 Å². The van der Waals surface area contributed by atoms with Crippen LogP contribution in [0.3, 0.4) is 0 Å². The lowest BCUT2D eigenvalue weighted by atomic mass is 10.2. The van der Waals surface area contributed by atoms with Crippen LogP contribution in [0, 0.1) is 0 Å². The smallest absolute Gasteiger partial charge is 0.371 e. The highest BCUT2D eigenvalue weighted by Crippen LogP contribution is 2.28. The molecular weight excluding hydrogens is 160 g/mol. The molecular formula is C8H8O4. The topological polar surface area (TPSA) is 59.7 Å². The lowest BCUT2D eigenvalue weighted by Crippen LogP contribution is -2.05. The molecule has 0 fully saturated rings. The maximum absolute atomic E-state index is 10.5. The molecule has 0 saturated carbocycles. The summed E-state index contributed by atoms with van der Waals surface area (Å²) in [7, 11) is 0. The second kappa shape index (κ2) is 2.55. The molecule has 4 heteroatoms. The van der Waals surface area contributed by atoms with Crippen LogP contribution in [0.1, 0.15) is 22.7 Å². The molecule has 1 aromatic rings. The van der Waals surface area contributed by atoms with Crippen LogP contribution in [0.5, 0.6) is 5.75 Å². The van der Waals surface area contributed by atoms with Crippen molar-refractivity contribution in [2.45, 2.75) is 12.8 Å². The van der Waals surface area contributed by atoms with Crippen LogP contribution in [-0.4, -0.2) is 17.7 Å². The number of hydrogen-bond donors (Lipinski definition) is 1. The van der Waals surface area contributed by atoms with Crippen molar-refractivity contribution in [3.8, 4) is 5.75 Å². The number of fused-ring (bicyclic) bond motifs is 1. The zero-order chi connectivity index (χ0) is 8.55. The fraction of sp³-hybridized carbons (Fsp3) is 0.375. The van der Waals surface area contributed by atoms with Crippen molar-refractivity contribution >= 4 is 5.97 Å². The van der Waals surface area contributed by atoms with Gasteiger partial charge in [-0.2, -0.15) is 0 Å². The van der Waals surface area contributed by atoms with E-state index < -0.39 is 5.97 Å². The van der Waals surface area contributed by atoms with Crippen LogP contribution in [0.2, 0.25) is 0 Å². The Labute approximate surface area is 68.7 Å². The second-order valence-electron chi connectivity index (χ2n) is 2.66. The fourth-order valence-electron chi connectivity index (χ4n) is 1.23. The van der Waals surface area contributed by atoms with E-state index in [1.807, 2.05) is 0 Å². The SMILES string of the molecule is O=C(O)c1cc2c(o1)CCCO2. The van der Waals surface area contributed by atoms with Crippen molar-refractivity contribution in [3.63, 3.8) is 0 Å². The van der Waals surface area contributed by atoms with Gasteiger partial charge >= 0.3 is 5.97 Å². The van der Waals surface area contributed by atoms with Gasteiger partial charge in [0.25, 0.3) is 0 Å². The molecule has 0 aromatic carbocycles. The zero-order valence-electron chi connectivity index (χ0n) is 6.37. The van der Waals surface area contributed by atoms with Gasteiger partial charge in [-0.1, -0.05) is 0 Å². The summed E-state index contributed by atoms with van der Waals surface area (Å²) in [6, 6.07) is 1.43. The number of aromatic carboxylic acids is 1. The minimum atomic E-state index is -1.05. The second-order valence-corrected chi connectivity index (χ2v) is 2.66. The summed E-state index contributed by atoms with van der Waals surface area (Å²) in [6.45, 7) is 0.644. The summed E-state index contributed by atoms with van der Waals surface area (Å²) in [5, 5.41) is 8.58. The fourth-order valence-corrected chi connectivity index (χ4v) is 1.23. The van der Waals surface area contributed by atoms with Crippen LogP contribution >= 0.6 is 0 Å². The highest BCUT2D eigenvalue weighted by molar-refractivity contribution is 5.85. The Morgan fingerprint density at radius 1 is 1.58 bits per heavy atom. The lowest BCUT2D eigenvalue weighted by Gasteiger charge is -2.09. The van der Waals surface area contributed by atoms with E-state index in [1.165, 1.54) is 6.07 Å². The molecule has 1 aromatic heterocycles. The molecule has 12 heavy (non-hydrogen) atoms. The third kappa shape index (κ3) is 1.05. The minimum absolute atomic E-state index is 0.0399. The van der Waals surface area contributed by atoms with Crippen LogP contribution in [0.25, 0.3) is 0 Å². The summed E-state index contributed by atoms with van der Waals surface area (Å²) < 4.78 is 10.2. The van der Waals surface area contributed by atoms with E-state index >= 15 is 0 Å². The quantitative estimate of drug-likeness (QED) is 0.686. The molecule has 0 amide bonds. The summed E-state index contributed by atoms with van der Waals surface area (Å²) in [5.74, 6) is 0.146. The number of furan rings is 1. The van der Waals surface area contributed by atoms with Gasteiger partial charge in [-0.15, -0.1) is 0 Å². The van der Waals surface area contributed by atoms with E-state index in [0.29, 0.717) is 18.1 Å². The van der Waals surface area contributed by atoms with Gasteiger partial charge in [-0.05, 0) is 6.42 Å². The molecule has 0 aliphatic carbocycles. The maximum Gasteiger partial charge on any atom is 0.371 e. The Kier molecular flexibility index (Phi) is 1.53. The number of rotatable bonds is 1. The number of ether oxygens (including phenoxy) is 1. The largest absolute Gasteiger partial charge is 0.490 e. The minimum Gasteiger partial charge on any atom is -0.490 e. The van der Waals surface area contributed by atoms with Crippen molar-refractivity contribution in [1.82, 2.24) is 0 Å². The number of carboxylic acids is 1. The predicted molar refractivity (Wildman–Crippen MR) is 39.5 cm³/mol. The van der Waals surface area contributed by atoms with Crippen LogP contribution in [-0.2, 0) is 6.42 Å². The van der Waals surface area contributed by atoms with E-state index in [4.69, 9.17) is 14.3 Å². The Balaban J connectivity index is 2.38. The highest BCUT2D eigenvalue weighted by Gasteiger charge is 2.19. The third-order valence-electron chi connectivity index (χ3n) is 1.79. The standard InChI is InChI=1S/C8H8O4/c9-8(10)7-4-6-5(12-7)2-1-3-11-6/h4H,1-3H2,(H,9,10). The number of carboxylic acid groups (broad SMARTS) is 1. The molecule has 0 spiro atoms. The van der Waals surface area contributed by atoms with Crippen LogP contribution in [0.15, 0.2) is 10.5 Å². The molecule has 1 aliphatic heterocycles. The van der Waals surface area contributed by atoms with E-state index in [1.54, 1.807) is 0 Å².